The normalized spacial score (nSPS) is 39.3. The molecule has 2 heterocycles. The van der Waals surface area contributed by atoms with Gasteiger partial charge in [-0.2, -0.15) is 12.6 Å². The summed E-state index contributed by atoms with van der Waals surface area (Å²) in [5, 5.41) is 10.7. The molecule has 0 radical (unpaired) electrons. The number of hydrogen-bond donors (Lipinski definition) is 2. The first-order valence-corrected chi connectivity index (χ1v) is 7.59. The zero-order valence-corrected chi connectivity index (χ0v) is 11.5. The molecular weight excluding hydrogens is 246 g/mol. The minimum Gasteiger partial charge on any atom is -0.511 e. The summed E-state index contributed by atoms with van der Waals surface area (Å²) < 4.78 is 0.0542. The van der Waals surface area contributed by atoms with Gasteiger partial charge in [0.1, 0.15) is 5.76 Å². The molecule has 15 heavy (non-hydrogen) atoms. The molecule has 2 saturated heterocycles. The molecule has 0 spiro atoms. The summed E-state index contributed by atoms with van der Waals surface area (Å²) in [5.74, 6) is 2.26. The highest BCUT2D eigenvalue weighted by atomic mass is 32.2. The Hall–Kier alpha value is 0.550. The fourth-order valence-corrected chi connectivity index (χ4v) is 6.15. The summed E-state index contributed by atoms with van der Waals surface area (Å²) in [6.45, 7) is 8.09. The molecule has 2 aliphatic heterocycles. The van der Waals surface area contributed by atoms with E-state index in [1.165, 1.54) is 0 Å². The zero-order valence-electron chi connectivity index (χ0n) is 9.01. The predicted molar refractivity (Wildman–Crippen MR) is 73.0 cm³/mol. The van der Waals surface area contributed by atoms with Crippen molar-refractivity contribution in [1.29, 1.82) is 0 Å². The molecule has 0 aromatic rings. The van der Waals surface area contributed by atoms with Gasteiger partial charge in [-0.15, -0.1) is 23.5 Å². The summed E-state index contributed by atoms with van der Waals surface area (Å²) >= 11 is 8.26. The van der Waals surface area contributed by atoms with Crippen LogP contribution in [0.4, 0.5) is 0 Å². The van der Waals surface area contributed by atoms with Gasteiger partial charge in [-0.1, -0.05) is 6.58 Å². The fraction of sp³-hybridized carbons (Fsp3) is 0.800. The van der Waals surface area contributed by atoms with Crippen LogP contribution in [0.25, 0.3) is 0 Å². The Balaban J connectivity index is 2.27. The molecule has 0 saturated carbocycles. The van der Waals surface area contributed by atoms with Crippen LogP contribution in [-0.4, -0.2) is 43.0 Å². The molecule has 0 amide bonds. The Bertz CT molecular complexity index is 282. The van der Waals surface area contributed by atoms with Gasteiger partial charge in [-0.25, -0.2) is 0 Å². The van der Waals surface area contributed by atoms with Gasteiger partial charge >= 0.3 is 0 Å². The zero-order chi connectivity index (χ0) is 11.2. The lowest BCUT2D eigenvalue weighted by atomic mass is 10.0. The highest BCUT2D eigenvalue weighted by Crippen LogP contribution is 2.53. The summed E-state index contributed by atoms with van der Waals surface area (Å²) in [6, 6.07) is 0.0691. The van der Waals surface area contributed by atoms with Crippen LogP contribution >= 0.6 is 36.2 Å². The van der Waals surface area contributed by atoms with Crippen molar-refractivity contribution in [3.8, 4) is 0 Å². The van der Waals surface area contributed by atoms with E-state index in [1.54, 1.807) is 0 Å². The van der Waals surface area contributed by atoms with Gasteiger partial charge in [0.15, 0.2) is 0 Å². The average molecular weight is 263 g/mol. The smallest absolute Gasteiger partial charge is 0.104 e. The van der Waals surface area contributed by atoms with Crippen LogP contribution in [0.1, 0.15) is 13.8 Å². The first kappa shape index (κ1) is 12.0. The lowest BCUT2D eigenvalue weighted by Gasteiger charge is -2.32. The topological polar surface area (TPSA) is 23.5 Å². The SMILES string of the molecule is C=C(O)[C@@H]1N2[C@H](CS)SC[C@H]2SC1(C)C. The number of nitrogens with zero attached hydrogens (tertiary/aromatic N) is 1. The fourth-order valence-electron chi connectivity index (χ4n) is 2.47. The van der Waals surface area contributed by atoms with Crippen LogP contribution in [0.5, 0.6) is 0 Å². The quantitative estimate of drug-likeness (QED) is 0.590. The van der Waals surface area contributed by atoms with Crippen molar-refractivity contribution in [2.45, 2.75) is 35.4 Å². The van der Waals surface area contributed by atoms with E-state index in [1.807, 2.05) is 23.5 Å². The summed E-state index contributed by atoms with van der Waals surface area (Å²) in [5.41, 5.74) is 0. The second kappa shape index (κ2) is 4.09. The number of fused-ring (bicyclic) bond motifs is 1. The van der Waals surface area contributed by atoms with Crippen molar-refractivity contribution >= 4 is 36.2 Å². The number of aliphatic hydroxyl groups excluding tert-OH is 1. The number of hydrogen-bond acceptors (Lipinski definition) is 5. The van der Waals surface area contributed by atoms with Gasteiger partial charge < -0.3 is 5.11 Å². The summed E-state index contributed by atoms with van der Waals surface area (Å²) in [6.07, 6.45) is 0. The van der Waals surface area contributed by atoms with Gasteiger partial charge in [0.05, 0.1) is 16.8 Å². The van der Waals surface area contributed by atoms with Crippen molar-refractivity contribution in [1.82, 2.24) is 4.90 Å². The summed E-state index contributed by atoms with van der Waals surface area (Å²) in [4.78, 5) is 2.38. The molecule has 0 aliphatic carbocycles. The van der Waals surface area contributed by atoms with E-state index < -0.39 is 0 Å². The van der Waals surface area contributed by atoms with Crippen molar-refractivity contribution in [2.24, 2.45) is 0 Å². The maximum Gasteiger partial charge on any atom is 0.104 e. The minimum absolute atomic E-state index is 0.0542. The molecule has 86 valence electrons. The lowest BCUT2D eigenvalue weighted by Crippen LogP contribution is -2.45. The van der Waals surface area contributed by atoms with Gasteiger partial charge in [0, 0.05) is 16.3 Å². The van der Waals surface area contributed by atoms with Crippen LogP contribution < -0.4 is 0 Å². The Morgan fingerprint density at radius 1 is 1.67 bits per heavy atom. The van der Waals surface area contributed by atoms with Gasteiger partial charge in [-0.3, -0.25) is 4.90 Å². The third-order valence-electron chi connectivity index (χ3n) is 2.96. The molecule has 1 N–H and O–H groups in total. The molecule has 0 unspecified atom stereocenters. The Labute approximate surface area is 105 Å². The third kappa shape index (κ3) is 1.92. The largest absolute Gasteiger partial charge is 0.511 e. The molecule has 0 aromatic carbocycles. The molecule has 2 rings (SSSR count). The van der Waals surface area contributed by atoms with Crippen LogP contribution in [0.2, 0.25) is 0 Å². The Kier molecular flexibility index (Phi) is 3.28. The predicted octanol–water partition coefficient (Wildman–Crippen LogP) is 2.58. The molecule has 2 aliphatic rings. The van der Waals surface area contributed by atoms with Gasteiger partial charge in [0.25, 0.3) is 0 Å². The van der Waals surface area contributed by atoms with E-state index in [0.717, 1.165) is 11.5 Å². The van der Waals surface area contributed by atoms with Gasteiger partial charge in [-0.05, 0) is 13.8 Å². The third-order valence-corrected chi connectivity index (χ3v) is 6.58. The number of rotatable bonds is 2. The second-order valence-electron chi connectivity index (χ2n) is 4.49. The molecule has 2 nitrogen and oxygen atoms in total. The Morgan fingerprint density at radius 3 is 2.87 bits per heavy atom. The molecule has 5 heteroatoms. The maximum absolute atomic E-state index is 9.76. The molecule has 0 bridgehead atoms. The number of aliphatic hydroxyl groups is 1. The Morgan fingerprint density at radius 2 is 2.33 bits per heavy atom. The first-order valence-electron chi connectivity index (χ1n) is 5.03. The minimum atomic E-state index is 0.0542. The van der Waals surface area contributed by atoms with E-state index in [2.05, 4.69) is 38.0 Å². The van der Waals surface area contributed by atoms with E-state index in [-0.39, 0.29) is 10.8 Å². The molecular formula is C10H17NOS3. The lowest BCUT2D eigenvalue weighted by molar-refractivity contribution is 0.172. The van der Waals surface area contributed by atoms with E-state index in [0.29, 0.717) is 16.5 Å². The van der Waals surface area contributed by atoms with Crippen molar-refractivity contribution < 1.29 is 5.11 Å². The van der Waals surface area contributed by atoms with Gasteiger partial charge in [0.2, 0.25) is 0 Å². The van der Waals surface area contributed by atoms with Crippen LogP contribution in [0, 0.1) is 0 Å². The van der Waals surface area contributed by atoms with E-state index >= 15 is 0 Å². The van der Waals surface area contributed by atoms with Crippen molar-refractivity contribution in [2.75, 3.05) is 11.5 Å². The highest BCUT2D eigenvalue weighted by Gasteiger charge is 2.53. The van der Waals surface area contributed by atoms with E-state index in [9.17, 15) is 5.11 Å². The molecule has 0 aromatic heterocycles. The van der Waals surface area contributed by atoms with Crippen LogP contribution in [-0.2, 0) is 0 Å². The number of thioether (sulfide) groups is 2. The number of thiol groups is 1. The van der Waals surface area contributed by atoms with Crippen LogP contribution in [0.15, 0.2) is 12.3 Å². The average Bonchev–Trinajstić information content (AvgIpc) is 2.57. The van der Waals surface area contributed by atoms with Crippen molar-refractivity contribution in [3.05, 3.63) is 12.3 Å². The van der Waals surface area contributed by atoms with Crippen LogP contribution in [0.3, 0.4) is 0 Å². The highest BCUT2D eigenvalue weighted by molar-refractivity contribution is 8.05. The standard InChI is InChI=1S/C10H17NOS3/c1-6(12)9-10(2,3)15-8-5-14-7(4-13)11(8)9/h7-9,12-13H,1,4-5H2,2-3H3/t7-,8+,9-/m0/s1. The molecule has 2 fully saturated rings. The maximum atomic E-state index is 9.76. The molecule has 3 atom stereocenters. The van der Waals surface area contributed by atoms with Crippen molar-refractivity contribution in [3.63, 3.8) is 0 Å². The first-order chi connectivity index (χ1) is 6.97. The second-order valence-corrected chi connectivity index (χ2v) is 7.90. The monoisotopic (exact) mass is 263 g/mol. The summed E-state index contributed by atoms with van der Waals surface area (Å²) in [7, 11) is 0. The van der Waals surface area contributed by atoms with E-state index in [4.69, 9.17) is 0 Å².